The van der Waals surface area contributed by atoms with Gasteiger partial charge < -0.3 is 4.98 Å². The smallest absolute Gasteiger partial charge is 0.311 e. The van der Waals surface area contributed by atoms with Crippen LogP contribution in [0.1, 0.15) is 46.5 Å². The lowest BCUT2D eigenvalue weighted by molar-refractivity contribution is -0.124. The van der Waals surface area contributed by atoms with Gasteiger partial charge in [0.05, 0.1) is 6.33 Å². The Morgan fingerprint density at radius 2 is 2.00 bits per heavy atom. The number of aromatic amines is 2. The van der Waals surface area contributed by atoms with Crippen LogP contribution in [0.3, 0.4) is 0 Å². The van der Waals surface area contributed by atoms with Crippen LogP contribution in [-0.4, -0.2) is 25.3 Å². The maximum Gasteiger partial charge on any atom is 0.327 e. The van der Waals surface area contributed by atoms with Crippen LogP contribution in [0.25, 0.3) is 11.2 Å². The minimum Gasteiger partial charge on any atom is -0.311 e. The molecule has 2 bridgehead atoms. The molecule has 5 rings (SSSR count). The Kier molecular flexibility index (Phi) is 3.27. The Morgan fingerprint density at radius 1 is 1.22 bits per heavy atom. The number of hydrogen-bond donors (Lipinski definition) is 2. The third-order valence-corrected chi connectivity index (χ3v) is 8.16. The summed E-state index contributed by atoms with van der Waals surface area (Å²) in [4.78, 5) is 47.0. The number of carbonyl (C=O) groups is 1. The lowest BCUT2D eigenvalue weighted by Gasteiger charge is -2.44. The monoisotopic (exact) mass is 370 g/mol. The van der Waals surface area contributed by atoms with Gasteiger partial charge in [0.15, 0.2) is 11.2 Å². The summed E-state index contributed by atoms with van der Waals surface area (Å²) in [6.45, 7) is 7.29. The van der Waals surface area contributed by atoms with Gasteiger partial charge in [-0.1, -0.05) is 20.8 Å². The number of hydrogen-bond acceptors (Lipinski definition) is 4. The number of carbonyl (C=O) groups excluding carboxylic acids is 1. The summed E-state index contributed by atoms with van der Waals surface area (Å²) in [5.41, 5.74) is -0.00304. The first-order valence-corrected chi connectivity index (χ1v) is 9.94. The van der Waals surface area contributed by atoms with Gasteiger partial charge in [-0.3, -0.25) is 19.1 Å². The van der Waals surface area contributed by atoms with E-state index in [0.29, 0.717) is 36.4 Å². The molecule has 3 fully saturated rings. The highest BCUT2D eigenvalue weighted by Gasteiger charge is 2.68. The fraction of sp³-hybridized carbons (Fsp3) is 0.700. The Bertz CT molecular complexity index is 1060. The van der Waals surface area contributed by atoms with Crippen molar-refractivity contribution in [1.82, 2.24) is 19.5 Å². The summed E-state index contributed by atoms with van der Waals surface area (Å²) in [5.74, 6) is 1.57. The molecule has 2 heterocycles. The number of Topliss-reactive ketones (excluding diaryl/α,β-unsaturated/α-hetero) is 1. The van der Waals surface area contributed by atoms with Crippen molar-refractivity contribution in [3.05, 3.63) is 27.2 Å². The van der Waals surface area contributed by atoms with Crippen LogP contribution in [0.15, 0.2) is 15.9 Å². The van der Waals surface area contributed by atoms with Crippen molar-refractivity contribution in [2.75, 3.05) is 0 Å². The number of nitrogens with zero attached hydrogens (tertiary/aromatic N) is 2. The molecule has 0 radical (unpaired) electrons. The van der Waals surface area contributed by atoms with Gasteiger partial charge in [-0.25, -0.2) is 9.78 Å². The summed E-state index contributed by atoms with van der Waals surface area (Å²) in [7, 11) is 0. The van der Waals surface area contributed by atoms with Gasteiger partial charge in [0.1, 0.15) is 5.78 Å². The molecule has 144 valence electrons. The quantitative estimate of drug-likeness (QED) is 0.845. The first-order valence-electron chi connectivity index (χ1n) is 9.94. The van der Waals surface area contributed by atoms with Crippen LogP contribution in [0.2, 0.25) is 0 Å². The Morgan fingerprint density at radius 3 is 2.78 bits per heavy atom. The summed E-state index contributed by atoms with van der Waals surface area (Å²) in [6.07, 6.45) is 5.33. The van der Waals surface area contributed by atoms with E-state index in [1.165, 1.54) is 17.3 Å². The van der Waals surface area contributed by atoms with Crippen LogP contribution in [0.5, 0.6) is 0 Å². The van der Waals surface area contributed by atoms with Gasteiger partial charge in [-0.2, -0.15) is 0 Å². The lowest BCUT2D eigenvalue weighted by atomic mass is 9.60. The molecule has 0 aliphatic heterocycles. The second kappa shape index (κ2) is 5.20. The number of H-pyrrole nitrogens is 2. The standard InChI is InChI=1S/C20H26N4O3/c1-10-4-5-11-12-6-14(25)13(20(10,12)8-19(11,2)3)7-24-16-15(23-18(24)27)17(26)22-9-21-16/h9-13H,4-8H2,1-3H3,(H,23,27)(H,21,22,26)/t10-,11-,12?,13-,20-/m0/s1. The van der Waals surface area contributed by atoms with Crippen LogP contribution >= 0.6 is 0 Å². The Hall–Kier alpha value is -2.18. The van der Waals surface area contributed by atoms with E-state index in [1.54, 1.807) is 0 Å². The van der Waals surface area contributed by atoms with E-state index < -0.39 is 0 Å². The topological polar surface area (TPSA) is 101 Å². The van der Waals surface area contributed by atoms with Gasteiger partial charge in [0.25, 0.3) is 5.56 Å². The normalized spacial score (nSPS) is 37.1. The molecule has 27 heavy (non-hydrogen) atoms. The SMILES string of the molecule is C[C@H]1CC[C@H]2C3CC(=O)[C@H](Cn4c(=O)[nH]c5c(=O)[nH]cnc54)[C@]31CC2(C)C. The highest BCUT2D eigenvalue weighted by Crippen LogP contribution is 2.72. The zero-order valence-corrected chi connectivity index (χ0v) is 16.0. The number of fused-ring (bicyclic) bond motifs is 1. The van der Waals surface area contributed by atoms with E-state index in [0.717, 1.165) is 12.8 Å². The molecule has 1 unspecified atom stereocenters. The predicted octanol–water partition coefficient (Wildman–Crippen LogP) is 2.08. The molecular weight excluding hydrogens is 344 g/mol. The van der Waals surface area contributed by atoms with E-state index in [2.05, 4.69) is 35.7 Å². The van der Waals surface area contributed by atoms with Gasteiger partial charge >= 0.3 is 5.69 Å². The molecule has 3 saturated carbocycles. The maximum absolute atomic E-state index is 13.1. The molecule has 3 aliphatic rings. The molecule has 3 aliphatic carbocycles. The number of nitrogens with one attached hydrogen (secondary N) is 2. The Labute approximate surface area is 156 Å². The second-order valence-electron chi connectivity index (χ2n) is 9.66. The lowest BCUT2D eigenvalue weighted by Crippen LogP contribution is -2.42. The van der Waals surface area contributed by atoms with Crippen LogP contribution in [-0.2, 0) is 11.3 Å². The van der Waals surface area contributed by atoms with Gasteiger partial charge in [0, 0.05) is 18.9 Å². The summed E-state index contributed by atoms with van der Waals surface area (Å²) in [6, 6.07) is 0. The highest BCUT2D eigenvalue weighted by molar-refractivity contribution is 5.85. The van der Waals surface area contributed by atoms with E-state index >= 15 is 0 Å². The fourth-order valence-corrected chi connectivity index (χ4v) is 7.12. The van der Waals surface area contributed by atoms with Crippen molar-refractivity contribution in [1.29, 1.82) is 0 Å². The largest absolute Gasteiger partial charge is 0.327 e. The molecule has 7 nitrogen and oxygen atoms in total. The zero-order chi connectivity index (χ0) is 19.1. The molecular formula is C20H26N4O3. The fourth-order valence-electron chi connectivity index (χ4n) is 7.12. The van der Waals surface area contributed by atoms with Crippen LogP contribution in [0, 0.1) is 34.5 Å². The van der Waals surface area contributed by atoms with Crippen molar-refractivity contribution in [3.8, 4) is 0 Å². The summed E-state index contributed by atoms with van der Waals surface area (Å²) >= 11 is 0. The van der Waals surface area contributed by atoms with Gasteiger partial charge in [0.2, 0.25) is 0 Å². The zero-order valence-electron chi connectivity index (χ0n) is 16.0. The first-order chi connectivity index (χ1) is 12.8. The molecule has 0 aromatic carbocycles. The number of imidazole rings is 1. The minimum absolute atomic E-state index is 0.0340. The van der Waals surface area contributed by atoms with Crippen molar-refractivity contribution in [2.45, 2.75) is 53.0 Å². The number of ketones is 1. The first kappa shape index (κ1) is 17.0. The van der Waals surface area contributed by atoms with Crippen LogP contribution in [0.4, 0.5) is 0 Å². The van der Waals surface area contributed by atoms with Crippen molar-refractivity contribution in [2.24, 2.45) is 34.5 Å². The van der Waals surface area contributed by atoms with E-state index in [9.17, 15) is 14.4 Å². The molecule has 5 atom stereocenters. The second-order valence-corrected chi connectivity index (χ2v) is 9.66. The summed E-state index contributed by atoms with van der Waals surface area (Å²) < 4.78 is 1.51. The van der Waals surface area contributed by atoms with E-state index in [4.69, 9.17) is 0 Å². The van der Waals surface area contributed by atoms with E-state index in [-0.39, 0.29) is 39.3 Å². The third-order valence-electron chi connectivity index (χ3n) is 8.16. The third kappa shape index (κ3) is 2.03. The average Bonchev–Trinajstić information content (AvgIpc) is 3.11. The Balaban J connectivity index is 1.63. The molecule has 0 spiro atoms. The molecule has 2 N–H and O–H groups in total. The summed E-state index contributed by atoms with van der Waals surface area (Å²) in [5, 5.41) is 0. The molecule has 2 aromatic rings. The van der Waals surface area contributed by atoms with Crippen molar-refractivity contribution < 1.29 is 4.79 Å². The molecule has 7 heteroatoms. The predicted molar refractivity (Wildman–Crippen MR) is 100 cm³/mol. The number of aromatic nitrogens is 4. The van der Waals surface area contributed by atoms with Crippen molar-refractivity contribution >= 4 is 16.9 Å². The van der Waals surface area contributed by atoms with Crippen LogP contribution < -0.4 is 11.2 Å². The van der Waals surface area contributed by atoms with Gasteiger partial charge in [-0.15, -0.1) is 0 Å². The highest BCUT2D eigenvalue weighted by atomic mass is 16.2. The maximum atomic E-state index is 13.1. The van der Waals surface area contributed by atoms with Crippen molar-refractivity contribution in [3.63, 3.8) is 0 Å². The van der Waals surface area contributed by atoms with E-state index in [1.807, 2.05) is 0 Å². The minimum atomic E-state index is -0.363. The number of rotatable bonds is 2. The molecule has 0 amide bonds. The molecule has 0 saturated heterocycles. The van der Waals surface area contributed by atoms with Gasteiger partial charge in [-0.05, 0) is 47.8 Å². The average molecular weight is 370 g/mol. The molecule has 2 aromatic heterocycles.